The van der Waals surface area contributed by atoms with Crippen LogP contribution in [0.15, 0.2) is 28.1 Å². The van der Waals surface area contributed by atoms with E-state index in [9.17, 15) is 4.79 Å². The van der Waals surface area contributed by atoms with Gasteiger partial charge in [-0.1, -0.05) is 11.6 Å². The third kappa shape index (κ3) is 3.65. The van der Waals surface area contributed by atoms with Crippen LogP contribution in [0.5, 0.6) is 0 Å². The van der Waals surface area contributed by atoms with Crippen LogP contribution in [0.25, 0.3) is 0 Å². The third-order valence-electron chi connectivity index (χ3n) is 2.34. The first-order chi connectivity index (χ1) is 8.56. The predicted molar refractivity (Wildman–Crippen MR) is 82.0 cm³/mol. The number of thiophene rings is 2. The maximum Gasteiger partial charge on any atom is 0.187 e. The molecule has 0 radical (unpaired) electrons. The smallest absolute Gasteiger partial charge is 0.187 e. The van der Waals surface area contributed by atoms with Crippen LogP contribution in [-0.2, 0) is 6.54 Å². The van der Waals surface area contributed by atoms with Crippen LogP contribution in [0.2, 0.25) is 4.34 Å². The van der Waals surface area contributed by atoms with Gasteiger partial charge >= 0.3 is 0 Å². The first-order valence-electron chi connectivity index (χ1n) is 5.25. The summed E-state index contributed by atoms with van der Waals surface area (Å²) in [5.41, 5.74) is 0. The molecule has 0 aliphatic heterocycles. The molecule has 0 aliphatic carbocycles. The molecule has 2 heterocycles. The number of rotatable bonds is 5. The van der Waals surface area contributed by atoms with E-state index in [1.54, 1.807) is 11.3 Å². The summed E-state index contributed by atoms with van der Waals surface area (Å²) in [6, 6.07) is 5.78. The number of hydrogen-bond acceptors (Lipinski definition) is 4. The Hall–Kier alpha value is -0.200. The highest BCUT2D eigenvalue weighted by molar-refractivity contribution is 9.10. The second-order valence-corrected chi connectivity index (χ2v) is 7.47. The number of carbonyl (C=O) groups is 1. The Morgan fingerprint density at radius 2 is 2.22 bits per heavy atom. The zero-order valence-electron chi connectivity index (χ0n) is 9.65. The van der Waals surface area contributed by atoms with Crippen molar-refractivity contribution in [2.24, 2.45) is 0 Å². The Morgan fingerprint density at radius 1 is 1.44 bits per heavy atom. The summed E-state index contributed by atoms with van der Waals surface area (Å²) in [7, 11) is 1.94. The van der Waals surface area contributed by atoms with Gasteiger partial charge in [0.05, 0.1) is 15.8 Å². The summed E-state index contributed by atoms with van der Waals surface area (Å²) in [5.74, 6) is 0.141. The molecule has 0 bridgehead atoms. The lowest BCUT2D eigenvalue weighted by atomic mass is 10.3. The molecule has 0 atom stereocenters. The highest BCUT2D eigenvalue weighted by Crippen LogP contribution is 2.24. The number of ketones is 1. The van der Waals surface area contributed by atoms with Crippen LogP contribution in [-0.4, -0.2) is 24.3 Å². The number of Topliss-reactive ketones (excluding diaryl/α,β-unsaturated/α-hetero) is 1. The highest BCUT2D eigenvalue weighted by Gasteiger charge is 2.14. The monoisotopic (exact) mass is 363 g/mol. The minimum atomic E-state index is 0.141. The van der Waals surface area contributed by atoms with Crippen molar-refractivity contribution in [3.8, 4) is 0 Å². The van der Waals surface area contributed by atoms with Crippen LogP contribution in [0, 0.1) is 0 Å². The van der Waals surface area contributed by atoms with Crippen LogP contribution in [0.1, 0.15) is 14.5 Å². The largest absolute Gasteiger partial charge is 0.294 e. The van der Waals surface area contributed by atoms with Crippen molar-refractivity contribution < 1.29 is 4.79 Å². The fraction of sp³-hybridized carbons (Fsp3) is 0.250. The van der Waals surface area contributed by atoms with Crippen LogP contribution >= 0.6 is 50.2 Å². The molecule has 2 nitrogen and oxygen atoms in total. The molecule has 2 rings (SSSR count). The molecule has 0 saturated carbocycles. The minimum absolute atomic E-state index is 0.141. The van der Waals surface area contributed by atoms with E-state index in [0.29, 0.717) is 6.54 Å². The zero-order chi connectivity index (χ0) is 13.1. The van der Waals surface area contributed by atoms with Crippen molar-refractivity contribution in [2.45, 2.75) is 6.54 Å². The lowest BCUT2D eigenvalue weighted by molar-refractivity contribution is 0.0947. The van der Waals surface area contributed by atoms with Crippen LogP contribution in [0.4, 0.5) is 0 Å². The van der Waals surface area contributed by atoms with E-state index in [-0.39, 0.29) is 5.78 Å². The Balaban J connectivity index is 1.93. The fourth-order valence-electron chi connectivity index (χ4n) is 1.57. The van der Waals surface area contributed by atoms with Crippen molar-refractivity contribution in [3.05, 3.63) is 42.1 Å². The molecular formula is C12H11BrClNOS2. The predicted octanol–water partition coefficient (Wildman–Crippen LogP) is 4.54. The molecule has 0 unspecified atom stereocenters. The molecular weight excluding hydrogens is 354 g/mol. The Kier molecular flexibility index (Phi) is 4.98. The van der Waals surface area contributed by atoms with Gasteiger partial charge in [0, 0.05) is 15.9 Å². The van der Waals surface area contributed by atoms with Gasteiger partial charge < -0.3 is 0 Å². The van der Waals surface area contributed by atoms with Gasteiger partial charge in [-0.15, -0.1) is 22.7 Å². The van der Waals surface area contributed by atoms with E-state index in [1.807, 2.05) is 35.5 Å². The molecule has 0 spiro atoms. The van der Waals surface area contributed by atoms with Crippen LogP contribution in [0.3, 0.4) is 0 Å². The number of halogens is 2. The van der Waals surface area contributed by atoms with Crippen molar-refractivity contribution in [1.82, 2.24) is 4.90 Å². The van der Waals surface area contributed by atoms with Gasteiger partial charge in [0.15, 0.2) is 5.78 Å². The van der Waals surface area contributed by atoms with E-state index >= 15 is 0 Å². The average molecular weight is 365 g/mol. The molecule has 0 amide bonds. The Morgan fingerprint density at radius 3 is 2.78 bits per heavy atom. The quantitative estimate of drug-likeness (QED) is 0.726. The summed E-state index contributed by atoms with van der Waals surface area (Å²) in [6.45, 7) is 1.15. The average Bonchev–Trinajstić information content (AvgIpc) is 2.87. The third-order valence-corrected chi connectivity index (χ3v) is 5.43. The van der Waals surface area contributed by atoms with E-state index in [0.717, 1.165) is 20.2 Å². The van der Waals surface area contributed by atoms with Gasteiger partial charge in [-0.05, 0) is 46.6 Å². The highest BCUT2D eigenvalue weighted by atomic mass is 79.9. The second kappa shape index (κ2) is 6.30. The van der Waals surface area contributed by atoms with Crippen LogP contribution < -0.4 is 0 Å². The van der Waals surface area contributed by atoms with Gasteiger partial charge in [-0.2, -0.15) is 0 Å². The number of carbonyl (C=O) groups excluding carboxylic acids is 1. The molecule has 0 saturated heterocycles. The molecule has 96 valence electrons. The first-order valence-corrected chi connectivity index (χ1v) is 8.12. The van der Waals surface area contributed by atoms with E-state index in [2.05, 4.69) is 15.9 Å². The minimum Gasteiger partial charge on any atom is -0.294 e. The first kappa shape index (κ1) is 14.2. The van der Waals surface area contributed by atoms with Gasteiger partial charge in [-0.25, -0.2) is 0 Å². The van der Waals surface area contributed by atoms with E-state index in [1.165, 1.54) is 16.2 Å². The molecule has 6 heteroatoms. The summed E-state index contributed by atoms with van der Waals surface area (Å²) in [4.78, 5) is 16.0. The standard InChI is InChI=1S/C12H11BrClNOS2/c1-15(6-8-2-3-11(14)18-8)7-10(16)12-9(13)4-5-17-12/h2-5H,6-7H2,1H3. The van der Waals surface area contributed by atoms with Crippen molar-refractivity contribution in [2.75, 3.05) is 13.6 Å². The molecule has 0 aromatic carbocycles. The SMILES string of the molecule is CN(CC(=O)c1sccc1Br)Cc1ccc(Cl)s1. The topological polar surface area (TPSA) is 20.3 Å². The summed E-state index contributed by atoms with van der Waals surface area (Å²) in [5, 5.41) is 1.91. The molecule has 2 aromatic heterocycles. The van der Waals surface area contributed by atoms with E-state index < -0.39 is 0 Å². The van der Waals surface area contributed by atoms with Crippen molar-refractivity contribution in [3.63, 3.8) is 0 Å². The van der Waals surface area contributed by atoms with E-state index in [4.69, 9.17) is 11.6 Å². The summed E-state index contributed by atoms with van der Waals surface area (Å²) >= 11 is 12.3. The zero-order valence-corrected chi connectivity index (χ0v) is 13.6. The summed E-state index contributed by atoms with van der Waals surface area (Å²) in [6.07, 6.45) is 0. The lowest BCUT2D eigenvalue weighted by Crippen LogP contribution is -2.24. The molecule has 0 aliphatic rings. The van der Waals surface area contributed by atoms with Gasteiger partial charge in [-0.3, -0.25) is 9.69 Å². The van der Waals surface area contributed by atoms with Gasteiger partial charge in [0.1, 0.15) is 0 Å². The Labute approximate surface area is 127 Å². The molecule has 0 N–H and O–H groups in total. The van der Waals surface area contributed by atoms with Gasteiger partial charge in [0.2, 0.25) is 0 Å². The van der Waals surface area contributed by atoms with Crippen molar-refractivity contribution >= 4 is 56.0 Å². The Bertz CT molecular complexity index is 552. The lowest BCUT2D eigenvalue weighted by Gasteiger charge is -2.14. The number of hydrogen-bond donors (Lipinski definition) is 0. The molecule has 0 fully saturated rings. The van der Waals surface area contributed by atoms with Crippen molar-refractivity contribution in [1.29, 1.82) is 0 Å². The summed E-state index contributed by atoms with van der Waals surface area (Å²) < 4.78 is 1.66. The second-order valence-electron chi connectivity index (χ2n) is 3.90. The fourth-order valence-corrected chi connectivity index (χ4v) is 4.26. The molecule has 18 heavy (non-hydrogen) atoms. The normalized spacial score (nSPS) is 11.1. The number of likely N-dealkylation sites (N-methyl/N-ethyl adjacent to an activating group) is 1. The maximum atomic E-state index is 12.0. The maximum absolute atomic E-state index is 12.0. The number of nitrogens with zero attached hydrogens (tertiary/aromatic N) is 1. The van der Waals surface area contributed by atoms with Gasteiger partial charge in [0.25, 0.3) is 0 Å². The molecule has 2 aromatic rings.